The molecule has 0 saturated heterocycles. The number of benzene rings is 8. The van der Waals surface area contributed by atoms with Crippen LogP contribution >= 0.6 is 10.0 Å². The van der Waals surface area contributed by atoms with Crippen molar-refractivity contribution in [1.29, 1.82) is 0 Å². The molecule has 0 amide bonds. The van der Waals surface area contributed by atoms with Crippen molar-refractivity contribution in [3.05, 3.63) is 179 Å². The number of hydrogen-bond donors (Lipinski definition) is 0. The summed E-state index contributed by atoms with van der Waals surface area (Å²) in [5.41, 5.74) is 5.11. The van der Waals surface area contributed by atoms with Crippen molar-refractivity contribution in [3.63, 3.8) is 0 Å². The number of rotatable bonds is 0. The molecule has 10 aromatic rings. The van der Waals surface area contributed by atoms with Gasteiger partial charge >= 0.3 is 13.7 Å². The second-order valence-corrected chi connectivity index (χ2v) is 18.1. The molecule has 0 fully saturated rings. The Bertz CT molecular complexity index is 3640. The van der Waals surface area contributed by atoms with Gasteiger partial charge in [-0.15, -0.1) is 0 Å². The van der Waals surface area contributed by atoms with Crippen molar-refractivity contribution in [3.8, 4) is 0 Å². The zero-order valence-electron chi connectivity index (χ0n) is 30.4. The van der Waals surface area contributed by atoms with Crippen molar-refractivity contribution >= 4 is 123 Å². The topological polar surface area (TPSA) is 84.0 Å². The third-order valence-electron chi connectivity index (χ3n) is 12.1. The van der Waals surface area contributed by atoms with E-state index in [1.807, 2.05) is 0 Å². The molecule has 0 atom stereocenters. The van der Waals surface area contributed by atoms with Gasteiger partial charge in [-0.2, -0.15) is 10.0 Å². The quantitative estimate of drug-likeness (QED) is 0.138. The van der Waals surface area contributed by atoms with Crippen LogP contribution in [0.1, 0.15) is 22.3 Å². The third kappa shape index (κ3) is 4.14. The summed E-state index contributed by atoms with van der Waals surface area (Å²) in [6.07, 6.45) is 0. The predicted octanol–water partition coefficient (Wildman–Crippen LogP) is 9.77. The van der Waals surface area contributed by atoms with Crippen molar-refractivity contribution in [1.82, 2.24) is 7.10 Å². The van der Waals surface area contributed by atoms with E-state index < -0.39 is 13.7 Å². The van der Waals surface area contributed by atoms with E-state index in [2.05, 4.69) is 153 Å². The lowest BCUT2D eigenvalue weighted by molar-refractivity contribution is 0.983. The van der Waals surface area contributed by atoms with Gasteiger partial charge in [0.25, 0.3) is 0 Å². The van der Waals surface area contributed by atoms with Crippen LogP contribution in [0.2, 0.25) is 0 Å². The van der Waals surface area contributed by atoms with Crippen LogP contribution in [0.15, 0.2) is 176 Å². The van der Waals surface area contributed by atoms with Gasteiger partial charge in [-0.1, -0.05) is 97.1 Å². The average Bonchev–Trinajstić information content (AvgIpc) is 3.95. The van der Waals surface area contributed by atoms with Crippen LogP contribution in [0.5, 0.6) is 0 Å². The molecule has 6 bridgehead atoms. The maximum absolute atomic E-state index is 8.19. The smallest absolute Gasteiger partial charge is 0.370 e. The molecule has 0 spiro atoms. The van der Waals surface area contributed by atoms with Gasteiger partial charge in [0.15, 0.2) is 23.3 Å². The van der Waals surface area contributed by atoms with E-state index in [1.54, 1.807) is 0 Å². The minimum atomic E-state index is -2.94. The van der Waals surface area contributed by atoms with E-state index in [1.165, 1.54) is 0 Å². The Morgan fingerprint density at radius 1 is 0.328 bits per heavy atom. The lowest BCUT2D eigenvalue weighted by Crippen LogP contribution is -2.43. The fourth-order valence-corrected chi connectivity index (χ4v) is 12.3. The first-order valence-electron chi connectivity index (χ1n) is 19.2. The van der Waals surface area contributed by atoms with Gasteiger partial charge in [0.05, 0.1) is 0 Å². The summed E-state index contributed by atoms with van der Waals surface area (Å²) in [4.78, 5) is 32.6. The van der Waals surface area contributed by atoms with Crippen LogP contribution in [0.3, 0.4) is 0 Å². The summed E-state index contributed by atoms with van der Waals surface area (Å²) in [5, 5.41) is 12.6. The summed E-state index contributed by atoms with van der Waals surface area (Å²) >= 11 is -2.94. The predicted molar refractivity (Wildman–Crippen MR) is 237 cm³/mol. The number of amidine groups is 4. The van der Waals surface area contributed by atoms with Gasteiger partial charge in [-0.05, 0) is 91.6 Å². The molecule has 0 unspecified atom stereocenters. The highest BCUT2D eigenvalue weighted by molar-refractivity contribution is 7.05. The molecular weight excluding hydrogens is 751 g/mol. The molecule has 10 heteroatoms. The molecule has 4 aliphatic rings. The molecule has 4 aliphatic heterocycles. The van der Waals surface area contributed by atoms with Gasteiger partial charge in [-0.25, -0.2) is 30.0 Å². The first-order chi connectivity index (χ1) is 28.6. The number of halogens is 1. The van der Waals surface area contributed by atoms with Gasteiger partial charge in [0.1, 0.15) is 22.6 Å². The second kappa shape index (κ2) is 11.1. The van der Waals surface area contributed by atoms with E-state index in [0.29, 0.717) is 46.0 Å². The van der Waals surface area contributed by atoms with Gasteiger partial charge in [0, 0.05) is 43.8 Å². The Labute approximate surface area is 337 Å². The molecule has 0 aliphatic carbocycles. The van der Waals surface area contributed by atoms with E-state index in [0.717, 1.165) is 86.9 Å². The van der Waals surface area contributed by atoms with Crippen LogP contribution in [-0.4, -0.2) is 44.1 Å². The summed E-state index contributed by atoms with van der Waals surface area (Å²) in [6.45, 7) is 0. The second-order valence-electron chi connectivity index (χ2n) is 15.3. The molecule has 8 nitrogen and oxygen atoms in total. The Kier molecular flexibility index (Phi) is 5.95. The normalized spacial score (nSPS) is 14.9. The van der Waals surface area contributed by atoms with Crippen molar-refractivity contribution in [2.24, 2.45) is 30.0 Å². The summed E-state index contributed by atoms with van der Waals surface area (Å²) < 4.78 is 4.34. The molecule has 8 aromatic carbocycles. The van der Waals surface area contributed by atoms with Crippen LogP contribution in [-0.2, 0) is 0 Å². The Balaban J connectivity index is 1.24. The highest BCUT2D eigenvalue weighted by Gasteiger charge is 2.38. The van der Waals surface area contributed by atoms with Crippen LogP contribution in [0, 0.1) is 0 Å². The molecule has 266 valence electrons. The van der Waals surface area contributed by atoms with Gasteiger partial charge in [-0.3, -0.25) is 0 Å². The number of fused-ring (bicyclic) bond motifs is 18. The Morgan fingerprint density at radius 2 is 0.621 bits per heavy atom. The van der Waals surface area contributed by atoms with Crippen molar-refractivity contribution < 1.29 is 0 Å². The zero-order valence-corrected chi connectivity index (χ0v) is 32.3. The first-order valence-corrected chi connectivity index (χ1v) is 22.0. The lowest BCUT2D eigenvalue weighted by Gasteiger charge is -2.15. The van der Waals surface area contributed by atoms with E-state index in [9.17, 15) is 0 Å². The van der Waals surface area contributed by atoms with Crippen LogP contribution in [0.4, 0.5) is 11.6 Å². The molecular formula is C48H24AlClN8. The van der Waals surface area contributed by atoms with Crippen molar-refractivity contribution in [2.75, 3.05) is 0 Å². The number of aromatic nitrogens is 2. The average molecular weight is 775 g/mol. The van der Waals surface area contributed by atoms with E-state index in [-0.39, 0.29) is 0 Å². The Morgan fingerprint density at radius 3 is 0.966 bits per heavy atom. The molecule has 14 rings (SSSR count). The van der Waals surface area contributed by atoms with E-state index >= 15 is 0 Å². The maximum Gasteiger partial charge on any atom is 0.722 e. The zero-order chi connectivity index (χ0) is 37.8. The third-order valence-corrected chi connectivity index (χ3v) is 15.1. The first kappa shape index (κ1) is 31.1. The largest absolute Gasteiger partial charge is 0.722 e. The highest BCUT2D eigenvalue weighted by atomic mass is 35.6. The van der Waals surface area contributed by atoms with Crippen LogP contribution in [0.25, 0.3) is 64.6 Å². The number of hydrogen-bond acceptors (Lipinski definition) is 6. The number of nitrogens with zero attached hydrogens (tertiary/aromatic N) is 8. The van der Waals surface area contributed by atoms with Crippen LogP contribution < -0.4 is 11.0 Å². The molecule has 2 aromatic heterocycles. The lowest BCUT2D eigenvalue weighted by atomic mass is 10.0. The number of aliphatic imine (C=N–C) groups is 4. The summed E-state index contributed by atoms with van der Waals surface area (Å²) in [7, 11) is 8.19. The fraction of sp³-hybridized carbons (Fsp3) is 0. The molecule has 0 radical (unpaired) electrons. The summed E-state index contributed by atoms with van der Waals surface area (Å²) in [6, 6.07) is 51.2. The standard InChI is InChI=1S/C48H24N8.Al.ClH/c1-2-10-26-18-34-33(17-25(26)9-1)41-49-42(34)54-44-37-21-29-13-5-6-14-30(29)22-38(37)46(51-44)56-48-40-24-32-16-8-7-15-31(32)23-39(40)47(52-48)55-45-36-20-28-12-4-3-11-27(28)19-35(36)43(50-45)53-41;;/h1-24H;;1H/q-2;+3;/p-1. The van der Waals surface area contributed by atoms with E-state index in [4.69, 9.17) is 40.0 Å². The van der Waals surface area contributed by atoms with Crippen molar-refractivity contribution in [2.45, 2.75) is 0 Å². The molecule has 0 saturated carbocycles. The molecule has 58 heavy (non-hydrogen) atoms. The van der Waals surface area contributed by atoms with Gasteiger partial charge < -0.3 is 7.10 Å². The van der Waals surface area contributed by atoms with Gasteiger partial charge in [0.2, 0.25) is 0 Å². The minimum absolute atomic E-state index is 0.593. The molecule has 0 N–H and O–H groups in total. The maximum atomic E-state index is 8.19. The highest BCUT2D eigenvalue weighted by Crippen LogP contribution is 2.44. The molecule has 6 heterocycles. The SMILES string of the molecule is [Cl][Al]1[n]2c3c4cc5ccccc5cc4c2N=C2N=C(N=c4c5cc6ccccc6cc5c([n]41)=NC1=NC(=N3)c3cc4ccccc4cc31)c1cc3ccccc3cc12. The summed E-state index contributed by atoms with van der Waals surface area (Å²) in [5.74, 6) is 3.78. The fourth-order valence-electron chi connectivity index (χ4n) is 9.32. The monoisotopic (exact) mass is 774 g/mol. The minimum Gasteiger partial charge on any atom is -0.370 e. The Hall–Kier alpha value is -7.02.